The molecule has 3 aromatic rings. The van der Waals surface area contributed by atoms with E-state index < -0.39 is 0 Å². The van der Waals surface area contributed by atoms with Crippen molar-refractivity contribution in [3.63, 3.8) is 0 Å². The second-order valence-electron chi connectivity index (χ2n) is 5.82. The van der Waals surface area contributed by atoms with Crippen molar-refractivity contribution in [3.05, 3.63) is 46.2 Å². The van der Waals surface area contributed by atoms with Gasteiger partial charge < -0.3 is 19.2 Å². The maximum Gasteiger partial charge on any atom is 0.149 e. The van der Waals surface area contributed by atoms with E-state index in [0.717, 1.165) is 26.8 Å². The molecule has 0 atom stereocenters. The lowest BCUT2D eigenvalue weighted by molar-refractivity contribution is 0.321. The summed E-state index contributed by atoms with van der Waals surface area (Å²) >= 11 is 3.52. The third-order valence-electron chi connectivity index (χ3n) is 4.03. The van der Waals surface area contributed by atoms with E-state index in [1.807, 2.05) is 44.2 Å². The number of nitrogens with one attached hydrogen (secondary N) is 1. The van der Waals surface area contributed by atoms with Crippen molar-refractivity contribution < 1.29 is 14.2 Å². The molecule has 7 heteroatoms. The topological polar surface area (TPSA) is 80.2 Å². The predicted molar refractivity (Wildman–Crippen MR) is 113 cm³/mol. The van der Waals surface area contributed by atoms with Crippen LogP contribution in [0.3, 0.4) is 0 Å². The average Bonchev–Trinajstić information content (AvgIpc) is 3.12. The van der Waals surface area contributed by atoms with E-state index in [9.17, 15) is 5.26 Å². The standard InChI is InChI=1S/C21H20BrN3O3/c1-4-27-19-11-20(28-5-2)16(22)9-13(19)8-14(12-23)21-24-17-7-6-15(26-3)10-18(17)25-21/h6-11H,4-5H2,1-3H3,(H,24,25). The van der Waals surface area contributed by atoms with Gasteiger partial charge in [0.15, 0.2) is 0 Å². The Morgan fingerprint density at radius 1 is 1.18 bits per heavy atom. The summed E-state index contributed by atoms with van der Waals surface area (Å²) in [5.41, 5.74) is 2.71. The van der Waals surface area contributed by atoms with Gasteiger partial charge in [0, 0.05) is 17.7 Å². The van der Waals surface area contributed by atoms with Gasteiger partial charge in [-0.05, 0) is 54.1 Å². The molecular weight excluding hydrogens is 422 g/mol. The third kappa shape index (κ3) is 4.12. The van der Waals surface area contributed by atoms with Crippen molar-refractivity contribution in [3.8, 4) is 23.3 Å². The summed E-state index contributed by atoms with van der Waals surface area (Å²) in [7, 11) is 1.61. The molecule has 0 saturated carbocycles. The fourth-order valence-electron chi connectivity index (χ4n) is 2.76. The number of benzene rings is 2. The number of allylic oxidation sites excluding steroid dienone is 1. The van der Waals surface area contributed by atoms with Crippen LogP contribution in [-0.2, 0) is 0 Å². The zero-order valence-electron chi connectivity index (χ0n) is 15.9. The van der Waals surface area contributed by atoms with Gasteiger partial charge >= 0.3 is 0 Å². The first-order valence-corrected chi connectivity index (χ1v) is 9.64. The van der Waals surface area contributed by atoms with Gasteiger partial charge in [-0.3, -0.25) is 0 Å². The fourth-order valence-corrected chi connectivity index (χ4v) is 3.24. The van der Waals surface area contributed by atoms with Gasteiger partial charge in [0.05, 0.1) is 41.4 Å². The monoisotopic (exact) mass is 441 g/mol. The van der Waals surface area contributed by atoms with Crippen LogP contribution in [-0.4, -0.2) is 30.3 Å². The second-order valence-corrected chi connectivity index (χ2v) is 6.68. The van der Waals surface area contributed by atoms with Crippen LogP contribution < -0.4 is 14.2 Å². The van der Waals surface area contributed by atoms with E-state index in [1.54, 1.807) is 13.2 Å². The molecule has 0 amide bonds. The number of nitriles is 1. The van der Waals surface area contributed by atoms with Gasteiger partial charge in [0.25, 0.3) is 0 Å². The number of ether oxygens (including phenoxy) is 3. The summed E-state index contributed by atoms with van der Waals surface area (Å²) in [6, 6.07) is 11.4. The average molecular weight is 442 g/mol. The molecule has 1 N–H and O–H groups in total. The third-order valence-corrected chi connectivity index (χ3v) is 4.65. The number of methoxy groups -OCH3 is 1. The van der Waals surface area contributed by atoms with E-state index >= 15 is 0 Å². The maximum atomic E-state index is 9.72. The number of halogens is 1. The van der Waals surface area contributed by atoms with Crippen molar-refractivity contribution in [2.75, 3.05) is 20.3 Å². The number of hydrogen-bond donors (Lipinski definition) is 1. The first kappa shape index (κ1) is 19.8. The van der Waals surface area contributed by atoms with Crippen molar-refractivity contribution in [1.29, 1.82) is 5.26 Å². The Balaban J connectivity index is 2.07. The minimum absolute atomic E-state index is 0.396. The van der Waals surface area contributed by atoms with Crippen molar-refractivity contribution >= 4 is 38.6 Å². The number of rotatable bonds is 7. The summed E-state index contributed by atoms with van der Waals surface area (Å²) in [5, 5.41) is 9.72. The Morgan fingerprint density at radius 2 is 1.93 bits per heavy atom. The molecule has 0 saturated heterocycles. The lowest BCUT2D eigenvalue weighted by Gasteiger charge is -2.12. The second kappa shape index (κ2) is 8.81. The predicted octanol–water partition coefficient (Wildman–Crippen LogP) is 5.20. The Hall–Kier alpha value is -2.98. The van der Waals surface area contributed by atoms with Gasteiger partial charge in [-0.15, -0.1) is 0 Å². The molecule has 6 nitrogen and oxygen atoms in total. The van der Waals surface area contributed by atoms with E-state index in [4.69, 9.17) is 14.2 Å². The SMILES string of the molecule is CCOc1cc(OCC)c(C=C(C#N)c2nc3ccc(OC)cc3[nH]2)cc1Br. The molecule has 144 valence electrons. The van der Waals surface area contributed by atoms with E-state index in [0.29, 0.717) is 36.1 Å². The molecule has 0 fully saturated rings. The highest BCUT2D eigenvalue weighted by molar-refractivity contribution is 9.10. The summed E-state index contributed by atoms with van der Waals surface area (Å²) in [4.78, 5) is 7.70. The minimum atomic E-state index is 0.396. The molecule has 1 heterocycles. The van der Waals surface area contributed by atoms with Gasteiger partial charge in [0.2, 0.25) is 0 Å². The minimum Gasteiger partial charge on any atom is -0.497 e. The lowest BCUT2D eigenvalue weighted by atomic mass is 10.1. The Kier molecular flexibility index (Phi) is 6.22. The molecule has 0 aliphatic rings. The van der Waals surface area contributed by atoms with Gasteiger partial charge in [-0.25, -0.2) is 4.98 Å². The molecule has 0 radical (unpaired) electrons. The molecule has 3 rings (SSSR count). The van der Waals surface area contributed by atoms with Crippen LogP contribution in [0.1, 0.15) is 25.2 Å². The smallest absolute Gasteiger partial charge is 0.149 e. The molecule has 28 heavy (non-hydrogen) atoms. The van der Waals surface area contributed by atoms with Crippen LogP contribution in [0.4, 0.5) is 0 Å². The van der Waals surface area contributed by atoms with E-state index in [2.05, 4.69) is 32.0 Å². The fraction of sp³-hybridized carbons (Fsp3) is 0.238. The molecule has 0 unspecified atom stereocenters. The lowest BCUT2D eigenvalue weighted by Crippen LogP contribution is -1.98. The number of nitrogens with zero attached hydrogens (tertiary/aromatic N) is 2. The number of H-pyrrole nitrogens is 1. The van der Waals surface area contributed by atoms with Gasteiger partial charge in [-0.2, -0.15) is 5.26 Å². The van der Waals surface area contributed by atoms with Crippen LogP contribution in [0, 0.1) is 11.3 Å². The zero-order valence-corrected chi connectivity index (χ0v) is 17.5. The molecule has 0 aliphatic carbocycles. The summed E-state index contributed by atoms with van der Waals surface area (Å²) in [5.74, 6) is 2.54. The van der Waals surface area contributed by atoms with Crippen molar-refractivity contribution in [1.82, 2.24) is 9.97 Å². The summed E-state index contributed by atoms with van der Waals surface area (Å²) in [6.45, 7) is 4.88. The number of hydrogen-bond acceptors (Lipinski definition) is 5. The van der Waals surface area contributed by atoms with Gasteiger partial charge in [-0.1, -0.05) is 0 Å². The molecular formula is C21H20BrN3O3. The number of imidazole rings is 1. The van der Waals surface area contributed by atoms with E-state index in [1.165, 1.54) is 0 Å². The van der Waals surface area contributed by atoms with E-state index in [-0.39, 0.29) is 0 Å². The van der Waals surface area contributed by atoms with Crippen LogP contribution in [0.5, 0.6) is 17.2 Å². The number of aromatic amines is 1. The largest absolute Gasteiger partial charge is 0.497 e. The molecule has 0 bridgehead atoms. The highest BCUT2D eigenvalue weighted by Gasteiger charge is 2.13. The first-order chi connectivity index (χ1) is 13.6. The maximum absolute atomic E-state index is 9.72. The molecule has 0 spiro atoms. The molecule has 1 aromatic heterocycles. The number of fused-ring (bicyclic) bond motifs is 1. The molecule has 2 aromatic carbocycles. The Bertz CT molecular complexity index is 1070. The Labute approximate surface area is 171 Å². The van der Waals surface area contributed by atoms with Crippen LogP contribution >= 0.6 is 15.9 Å². The summed E-state index contributed by atoms with van der Waals surface area (Å²) in [6.07, 6.45) is 1.75. The normalized spacial score (nSPS) is 11.3. The van der Waals surface area contributed by atoms with Crippen LogP contribution in [0.15, 0.2) is 34.8 Å². The van der Waals surface area contributed by atoms with Crippen LogP contribution in [0.2, 0.25) is 0 Å². The highest BCUT2D eigenvalue weighted by Crippen LogP contribution is 2.35. The van der Waals surface area contributed by atoms with Crippen LogP contribution in [0.25, 0.3) is 22.7 Å². The first-order valence-electron chi connectivity index (χ1n) is 8.84. The summed E-state index contributed by atoms with van der Waals surface area (Å²) < 4.78 is 17.4. The van der Waals surface area contributed by atoms with Gasteiger partial charge in [0.1, 0.15) is 29.1 Å². The number of aromatic nitrogens is 2. The van der Waals surface area contributed by atoms with Crippen molar-refractivity contribution in [2.24, 2.45) is 0 Å². The quantitative estimate of drug-likeness (QED) is 0.509. The zero-order chi connectivity index (χ0) is 20.1. The highest BCUT2D eigenvalue weighted by atomic mass is 79.9. The Morgan fingerprint density at radius 3 is 2.61 bits per heavy atom. The van der Waals surface area contributed by atoms with Crippen molar-refractivity contribution in [2.45, 2.75) is 13.8 Å². The molecule has 0 aliphatic heterocycles.